The molecule has 2 heterocycles. The summed E-state index contributed by atoms with van der Waals surface area (Å²) in [6.07, 6.45) is 0. The lowest BCUT2D eigenvalue weighted by Crippen LogP contribution is -2.34. The number of carboxylic acids is 1. The number of nitrogens with zero attached hydrogens (tertiary/aromatic N) is 1. The first-order valence-corrected chi connectivity index (χ1v) is 10.8. The zero-order valence-electron chi connectivity index (χ0n) is 17.7. The molecule has 0 saturated heterocycles. The number of benzene rings is 4. The second-order valence-corrected chi connectivity index (χ2v) is 8.34. The fourth-order valence-corrected chi connectivity index (χ4v) is 5.01. The van der Waals surface area contributed by atoms with Gasteiger partial charge in [-0.3, -0.25) is 9.59 Å². The van der Waals surface area contributed by atoms with Crippen LogP contribution < -0.4 is 0 Å². The summed E-state index contributed by atoms with van der Waals surface area (Å²) < 4.78 is 0. The topological polar surface area (TPSA) is 73.4 Å². The van der Waals surface area contributed by atoms with E-state index in [1.807, 2.05) is 54.6 Å². The molecule has 5 nitrogen and oxygen atoms in total. The van der Waals surface area contributed by atoms with E-state index in [0.29, 0.717) is 5.56 Å². The van der Waals surface area contributed by atoms with Gasteiger partial charge in [0.15, 0.2) is 0 Å². The summed E-state index contributed by atoms with van der Waals surface area (Å²) in [5.74, 6) is -1.29. The summed E-state index contributed by atoms with van der Waals surface area (Å²) in [5, 5.41) is 12.8. The van der Waals surface area contributed by atoms with Crippen LogP contribution in [0.4, 0.5) is 0 Å². The Morgan fingerprint density at radius 2 is 1.61 bits per heavy atom. The Bertz CT molecular complexity index is 1570. The number of amides is 1. The molecule has 5 heteroatoms. The van der Waals surface area contributed by atoms with Gasteiger partial charge in [-0.1, -0.05) is 72.8 Å². The summed E-state index contributed by atoms with van der Waals surface area (Å²) in [6, 6.07) is 29.3. The minimum Gasteiger partial charge on any atom is -0.480 e. The number of carbonyl (C=O) groups is 2. The summed E-state index contributed by atoms with van der Waals surface area (Å²) in [5.41, 5.74) is 5.14. The highest BCUT2D eigenvalue weighted by Crippen LogP contribution is 2.45. The van der Waals surface area contributed by atoms with Gasteiger partial charge in [-0.2, -0.15) is 0 Å². The molecule has 0 saturated carbocycles. The second kappa shape index (κ2) is 7.35. The number of carbonyl (C=O) groups excluding carboxylic acids is 1. The van der Waals surface area contributed by atoms with E-state index in [-0.39, 0.29) is 12.5 Å². The first-order valence-electron chi connectivity index (χ1n) is 10.8. The van der Waals surface area contributed by atoms with Gasteiger partial charge in [0.2, 0.25) is 0 Å². The van der Waals surface area contributed by atoms with Gasteiger partial charge in [-0.15, -0.1) is 0 Å². The molecule has 1 atom stereocenters. The van der Waals surface area contributed by atoms with Crippen molar-refractivity contribution < 1.29 is 14.7 Å². The average Bonchev–Trinajstić information content (AvgIpc) is 3.34. The molecule has 0 bridgehead atoms. The summed E-state index contributed by atoms with van der Waals surface area (Å²) in [7, 11) is 0. The van der Waals surface area contributed by atoms with Crippen molar-refractivity contribution in [1.29, 1.82) is 0 Å². The van der Waals surface area contributed by atoms with Gasteiger partial charge >= 0.3 is 5.97 Å². The summed E-state index contributed by atoms with van der Waals surface area (Å²) >= 11 is 0. The third-order valence-corrected chi connectivity index (χ3v) is 6.42. The van der Waals surface area contributed by atoms with Crippen molar-refractivity contribution in [2.45, 2.75) is 6.04 Å². The van der Waals surface area contributed by atoms with Crippen LogP contribution in [-0.2, 0) is 4.79 Å². The fourth-order valence-electron chi connectivity index (χ4n) is 5.01. The lowest BCUT2D eigenvalue weighted by Gasteiger charge is -2.25. The van der Waals surface area contributed by atoms with Crippen molar-refractivity contribution in [1.82, 2.24) is 9.88 Å². The van der Waals surface area contributed by atoms with Crippen LogP contribution in [0, 0.1) is 0 Å². The highest BCUT2D eigenvalue weighted by Gasteiger charge is 2.40. The van der Waals surface area contributed by atoms with Crippen LogP contribution in [0.2, 0.25) is 0 Å². The van der Waals surface area contributed by atoms with Crippen LogP contribution in [0.1, 0.15) is 27.5 Å². The minimum absolute atomic E-state index is 0.257. The van der Waals surface area contributed by atoms with E-state index in [1.165, 1.54) is 4.90 Å². The standard InChI is InChI=1S/C28H20N2O3/c31-24(32)16-30-27(20-9-3-4-10-21(20)28(30)33)25-22-11-5-6-12-23(22)29-26(25)19-14-13-17-7-1-2-8-18(17)15-19/h1-15,27,29H,16H2,(H,31,32)/t27-/m0/s1. The van der Waals surface area contributed by atoms with Crippen molar-refractivity contribution in [2.75, 3.05) is 6.54 Å². The Morgan fingerprint density at radius 3 is 2.45 bits per heavy atom. The van der Waals surface area contributed by atoms with Gasteiger partial charge in [0.1, 0.15) is 6.54 Å². The van der Waals surface area contributed by atoms with Crippen LogP contribution in [0.3, 0.4) is 0 Å². The van der Waals surface area contributed by atoms with Gasteiger partial charge < -0.3 is 15.0 Å². The molecule has 5 aromatic rings. The van der Waals surface area contributed by atoms with Crippen LogP contribution in [0.15, 0.2) is 91.0 Å². The average molecular weight is 432 g/mol. The van der Waals surface area contributed by atoms with E-state index in [0.717, 1.165) is 44.1 Å². The highest BCUT2D eigenvalue weighted by molar-refractivity contribution is 6.03. The number of aromatic nitrogens is 1. The first-order chi connectivity index (χ1) is 16.1. The molecule has 160 valence electrons. The Hall–Kier alpha value is -4.38. The third kappa shape index (κ3) is 3.01. The number of aromatic amines is 1. The molecule has 4 aromatic carbocycles. The molecular weight excluding hydrogens is 412 g/mol. The van der Waals surface area contributed by atoms with Crippen molar-refractivity contribution in [3.05, 3.63) is 108 Å². The highest BCUT2D eigenvalue weighted by atomic mass is 16.4. The SMILES string of the molecule is O=C(O)CN1C(=O)c2ccccc2[C@H]1c1c(-c2ccc3ccccc3c2)[nH]c2ccccc12. The van der Waals surface area contributed by atoms with Crippen LogP contribution >= 0.6 is 0 Å². The smallest absolute Gasteiger partial charge is 0.323 e. The van der Waals surface area contributed by atoms with Gasteiger partial charge in [-0.25, -0.2) is 0 Å². The fraction of sp³-hybridized carbons (Fsp3) is 0.0714. The van der Waals surface area contributed by atoms with Crippen molar-refractivity contribution in [3.63, 3.8) is 0 Å². The molecule has 2 N–H and O–H groups in total. The number of fused-ring (bicyclic) bond motifs is 3. The maximum Gasteiger partial charge on any atom is 0.323 e. The molecule has 0 radical (unpaired) electrons. The number of nitrogens with one attached hydrogen (secondary N) is 1. The van der Waals surface area contributed by atoms with E-state index in [2.05, 4.69) is 35.3 Å². The third-order valence-electron chi connectivity index (χ3n) is 6.42. The Morgan fingerprint density at radius 1 is 0.879 bits per heavy atom. The second-order valence-electron chi connectivity index (χ2n) is 8.34. The van der Waals surface area contributed by atoms with Gasteiger partial charge in [0.05, 0.1) is 11.7 Å². The van der Waals surface area contributed by atoms with Crippen molar-refractivity contribution in [2.24, 2.45) is 0 Å². The Kier molecular flexibility index (Phi) is 4.30. The summed E-state index contributed by atoms with van der Waals surface area (Å²) in [6.45, 7) is -0.366. The number of rotatable bonds is 4. The quantitative estimate of drug-likeness (QED) is 0.387. The van der Waals surface area contributed by atoms with E-state index in [4.69, 9.17) is 0 Å². The van der Waals surface area contributed by atoms with Crippen molar-refractivity contribution in [3.8, 4) is 11.3 Å². The summed E-state index contributed by atoms with van der Waals surface area (Å²) in [4.78, 5) is 30.0. The molecule has 33 heavy (non-hydrogen) atoms. The molecule has 1 aliphatic rings. The Labute approximate surface area is 189 Å². The maximum absolute atomic E-state index is 13.2. The van der Waals surface area contributed by atoms with Gasteiger partial charge in [0, 0.05) is 22.0 Å². The molecular formula is C28H20N2O3. The number of H-pyrrole nitrogens is 1. The minimum atomic E-state index is -1.03. The van der Waals surface area contributed by atoms with Crippen molar-refractivity contribution >= 4 is 33.6 Å². The largest absolute Gasteiger partial charge is 0.480 e. The van der Waals surface area contributed by atoms with E-state index >= 15 is 0 Å². The predicted octanol–water partition coefficient (Wildman–Crippen LogP) is 5.62. The maximum atomic E-state index is 13.2. The zero-order valence-corrected chi connectivity index (χ0v) is 17.7. The molecule has 0 aliphatic carbocycles. The van der Waals surface area contributed by atoms with Crippen LogP contribution in [0.25, 0.3) is 32.9 Å². The first kappa shape index (κ1) is 19.3. The molecule has 1 aromatic heterocycles. The predicted molar refractivity (Wildman–Crippen MR) is 128 cm³/mol. The Balaban J connectivity index is 1.64. The number of carboxylic acid groups (broad SMARTS) is 1. The number of para-hydroxylation sites is 1. The van der Waals surface area contributed by atoms with Crippen LogP contribution in [-0.4, -0.2) is 33.4 Å². The van der Waals surface area contributed by atoms with E-state index < -0.39 is 12.0 Å². The molecule has 0 fully saturated rings. The lowest BCUT2D eigenvalue weighted by atomic mass is 9.92. The van der Waals surface area contributed by atoms with Gasteiger partial charge in [-0.05, 0) is 40.1 Å². The lowest BCUT2D eigenvalue weighted by molar-refractivity contribution is -0.138. The number of aliphatic carboxylic acids is 1. The molecule has 0 spiro atoms. The number of hydrogen-bond donors (Lipinski definition) is 2. The molecule has 1 amide bonds. The number of hydrogen-bond acceptors (Lipinski definition) is 2. The normalized spacial score (nSPS) is 15.3. The van der Waals surface area contributed by atoms with Crippen LogP contribution in [0.5, 0.6) is 0 Å². The monoisotopic (exact) mass is 432 g/mol. The van der Waals surface area contributed by atoms with E-state index in [9.17, 15) is 14.7 Å². The molecule has 0 unspecified atom stereocenters. The molecule has 6 rings (SSSR count). The molecule has 1 aliphatic heterocycles. The zero-order chi connectivity index (χ0) is 22.5. The van der Waals surface area contributed by atoms with E-state index in [1.54, 1.807) is 6.07 Å². The van der Waals surface area contributed by atoms with Gasteiger partial charge in [0.25, 0.3) is 5.91 Å².